The molecule has 8 heteroatoms. The fourth-order valence-corrected chi connectivity index (χ4v) is 3.85. The number of aromatic nitrogens is 4. The fourth-order valence-electron chi connectivity index (χ4n) is 2.51. The van der Waals surface area contributed by atoms with Crippen molar-refractivity contribution in [1.29, 1.82) is 0 Å². The molecule has 2 heterocycles. The standard InChI is InChI=1S/C18H12BrFN4OS/c19-13-5-1-3-11(7-13)10-26-18-22-17(12-4-2-6-14(20)8-12)21-15-9-16(25)23-24(15)18/h1-9H,10H2,(H,23,25). The molecule has 0 bridgehead atoms. The van der Waals surface area contributed by atoms with Crippen LogP contribution in [0.5, 0.6) is 0 Å². The van der Waals surface area contributed by atoms with E-state index in [-0.39, 0.29) is 11.4 Å². The lowest BCUT2D eigenvalue weighted by Crippen LogP contribution is -2.04. The number of aromatic amines is 1. The SMILES string of the molecule is O=c1cc2nc(-c3cccc(F)c3)nc(SCc3cccc(Br)c3)n2[nH]1. The molecule has 0 saturated carbocycles. The summed E-state index contributed by atoms with van der Waals surface area (Å²) >= 11 is 4.92. The van der Waals surface area contributed by atoms with Crippen LogP contribution in [0.3, 0.4) is 0 Å². The number of halogens is 2. The maximum absolute atomic E-state index is 13.6. The largest absolute Gasteiger partial charge is 0.268 e. The van der Waals surface area contributed by atoms with Crippen molar-refractivity contribution in [3.8, 4) is 11.4 Å². The van der Waals surface area contributed by atoms with E-state index in [2.05, 4.69) is 31.0 Å². The van der Waals surface area contributed by atoms with Gasteiger partial charge in [-0.2, -0.15) is 0 Å². The molecule has 0 unspecified atom stereocenters. The Morgan fingerprint density at radius 1 is 1.12 bits per heavy atom. The summed E-state index contributed by atoms with van der Waals surface area (Å²) in [7, 11) is 0. The van der Waals surface area contributed by atoms with Crippen LogP contribution in [0.4, 0.5) is 4.39 Å². The van der Waals surface area contributed by atoms with Crippen molar-refractivity contribution in [3.05, 3.63) is 80.8 Å². The first-order chi connectivity index (χ1) is 12.6. The molecular formula is C18H12BrFN4OS. The minimum Gasteiger partial charge on any atom is -0.268 e. The van der Waals surface area contributed by atoms with Crippen molar-refractivity contribution in [2.24, 2.45) is 0 Å². The number of benzene rings is 2. The van der Waals surface area contributed by atoms with Crippen molar-refractivity contribution in [3.63, 3.8) is 0 Å². The van der Waals surface area contributed by atoms with Gasteiger partial charge in [0, 0.05) is 21.9 Å². The number of nitrogens with zero attached hydrogens (tertiary/aromatic N) is 3. The summed E-state index contributed by atoms with van der Waals surface area (Å²) in [6.07, 6.45) is 0. The average Bonchev–Trinajstić information content (AvgIpc) is 3.00. The molecule has 0 fully saturated rings. The van der Waals surface area contributed by atoms with Gasteiger partial charge in [0.15, 0.2) is 16.6 Å². The van der Waals surface area contributed by atoms with Crippen LogP contribution in [0.25, 0.3) is 17.0 Å². The monoisotopic (exact) mass is 430 g/mol. The Morgan fingerprint density at radius 3 is 2.77 bits per heavy atom. The molecule has 0 amide bonds. The molecule has 0 aliphatic carbocycles. The van der Waals surface area contributed by atoms with Gasteiger partial charge in [0.1, 0.15) is 5.82 Å². The predicted molar refractivity (Wildman–Crippen MR) is 103 cm³/mol. The van der Waals surface area contributed by atoms with E-state index >= 15 is 0 Å². The number of H-pyrrole nitrogens is 1. The highest BCUT2D eigenvalue weighted by Crippen LogP contribution is 2.25. The van der Waals surface area contributed by atoms with E-state index in [4.69, 9.17) is 0 Å². The zero-order chi connectivity index (χ0) is 18.1. The molecule has 0 saturated heterocycles. The molecule has 0 aliphatic rings. The third-order valence-corrected chi connectivity index (χ3v) is 5.17. The van der Waals surface area contributed by atoms with Crippen molar-refractivity contribution < 1.29 is 4.39 Å². The van der Waals surface area contributed by atoms with Crippen molar-refractivity contribution in [1.82, 2.24) is 19.6 Å². The summed E-state index contributed by atoms with van der Waals surface area (Å²) in [4.78, 5) is 20.6. The Balaban J connectivity index is 1.75. The van der Waals surface area contributed by atoms with Gasteiger partial charge in [0.25, 0.3) is 5.56 Å². The van der Waals surface area contributed by atoms with Gasteiger partial charge in [0.05, 0.1) is 0 Å². The number of fused-ring (bicyclic) bond motifs is 1. The normalized spacial score (nSPS) is 11.2. The molecule has 0 spiro atoms. The van der Waals surface area contributed by atoms with Crippen LogP contribution in [0, 0.1) is 5.82 Å². The molecule has 26 heavy (non-hydrogen) atoms. The van der Waals surface area contributed by atoms with Crippen molar-refractivity contribution in [2.75, 3.05) is 0 Å². The smallest absolute Gasteiger partial charge is 0.266 e. The Hall–Kier alpha value is -2.45. The molecule has 0 aliphatic heterocycles. The lowest BCUT2D eigenvalue weighted by Gasteiger charge is -2.08. The Morgan fingerprint density at radius 2 is 1.96 bits per heavy atom. The zero-order valence-electron chi connectivity index (χ0n) is 13.3. The summed E-state index contributed by atoms with van der Waals surface area (Å²) in [5.74, 6) is 0.676. The lowest BCUT2D eigenvalue weighted by molar-refractivity contribution is 0.628. The quantitative estimate of drug-likeness (QED) is 0.490. The van der Waals surface area contributed by atoms with E-state index in [9.17, 15) is 9.18 Å². The van der Waals surface area contributed by atoms with E-state index in [0.717, 1.165) is 10.0 Å². The summed E-state index contributed by atoms with van der Waals surface area (Å²) in [6, 6.07) is 15.4. The highest BCUT2D eigenvalue weighted by molar-refractivity contribution is 9.10. The number of thioether (sulfide) groups is 1. The van der Waals surface area contributed by atoms with Gasteiger partial charge in [-0.05, 0) is 29.8 Å². The first-order valence-electron chi connectivity index (χ1n) is 7.71. The number of rotatable bonds is 4. The number of nitrogens with one attached hydrogen (secondary N) is 1. The van der Waals surface area contributed by atoms with Crippen LogP contribution in [0.2, 0.25) is 0 Å². The summed E-state index contributed by atoms with van der Waals surface area (Å²) < 4.78 is 16.1. The van der Waals surface area contributed by atoms with Crippen LogP contribution in [0.15, 0.2) is 69.0 Å². The minimum atomic E-state index is -0.360. The van der Waals surface area contributed by atoms with Gasteiger partial charge in [-0.1, -0.05) is 52.0 Å². The van der Waals surface area contributed by atoms with Gasteiger partial charge in [-0.15, -0.1) is 0 Å². The fraction of sp³-hybridized carbons (Fsp3) is 0.0556. The van der Waals surface area contributed by atoms with Gasteiger partial charge in [0.2, 0.25) is 0 Å². The van der Waals surface area contributed by atoms with Crippen molar-refractivity contribution >= 4 is 33.3 Å². The van der Waals surface area contributed by atoms with E-state index in [0.29, 0.717) is 27.9 Å². The molecule has 4 rings (SSSR count). The molecule has 130 valence electrons. The summed E-state index contributed by atoms with van der Waals surface area (Å²) in [6.45, 7) is 0. The molecule has 2 aromatic heterocycles. The first kappa shape index (κ1) is 17.0. The first-order valence-corrected chi connectivity index (χ1v) is 9.49. The van der Waals surface area contributed by atoms with Crippen LogP contribution >= 0.6 is 27.7 Å². The minimum absolute atomic E-state index is 0.264. The number of hydrogen-bond donors (Lipinski definition) is 1. The second-order valence-electron chi connectivity index (χ2n) is 5.57. The van der Waals surface area contributed by atoms with Crippen molar-refractivity contribution in [2.45, 2.75) is 10.9 Å². The second-order valence-corrected chi connectivity index (χ2v) is 7.43. The predicted octanol–water partition coefficient (Wildman–Crippen LogP) is 4.28. The third kappa shape index (κ3) is 3.56. The lowest BCUT2D eigenvalue weighted by atomic mass is 10.2. The molecule has 2 aromatic carbocycles. The molecule has 1 N–H and O–H groups in total. The maximum atomic E-state index is 13.6. The molecule has 5 nitrogen and oxygen atoms in total. The number of hydrogen-bond acceptors (Lipinski definition) is 4. The van der Waals surface area contributed by atoms with E-state index in [1.54, 1.807) is 16.6 Å². The van der Waals surface area contributed by atoms with Gasteiger partial charge in [-0.3, -0.25) is 9.89 Å². The third-order valence-electron chi connectivity index (χ3n) is 3.66. The second kappa shape index (κ2) is 7.05. The van der Waals surface area contributed by atoms with Crippen LogP contribution < -0.4 is 5.56 Å². The van der Waals surface area contributed by atoms with E-state index in [1.807, 2.05) is 24.3 Å². The van der Waals surface area contributed by atoms with E-state index in [1.165, 1.54) is 30.0 Å². The summed E-state index contributed by atoms with van der Waals surface area (Å²) in [5.41, 5.74) is 1.85. The maximum Gasteiger partial charge on any atom is 0.266 e. The average molecular weight is 431 g/mol. The van der Waals surface area contributed by atoms with E-state index < -0.39 is 0 Å². The van der Waals surface area contributed by atoms with Crippen LogP contribution in [-0.4, -0.2) is 19.6 Å². The Kier molecular flexibility index (Phi) is 4.60. The molecule has 0 atom stereocenters. The highest BCUT2D eigenvalue weighted by Gasteiger charge is 2.12. The Bertz CT molecular complexity index is 1160. The molecular weight excluding hydrogens is 419 g/mol. The van der Waals surface area contributed by atoms with Crippen LogP contribution in [0.1, 0.15) is 5.56 Å². The van der Waals surface area contributed by atoms with Gasteiger partial charge >= 0.3 is 0 Å². The van der Waals surface area contributed by atoms with Crippen LogP contribution in [-0.2, 0) is 5.75 Å². The summed E-state index contributed by atoms with van der Waals surface area (Å²) in [5, 5.41) is 3.28. The molecule has 4 aromatic rings. The highest BCUT2D eigenvalue weighted by atomic mass is 79.9. The topological polar surface area (TPSA) is 63.1 Å². The molecule has 0 radical (unpaired) electrons. The zero-order valence-corrected chi connectivity index (χ0v) is 15.7. The Labute approximate surface area is 160 Å². The van der Waals surface area contributed by atoms with Gasteiger partial charge in [-0.25, -0.2) is 18.9 Å². The van der Waals surface area contributed by atoms with Gasteiger partial charge < -0.3 is 0 Å².